The second kappa shape index (κ2) is 6.32. The number of hydrogen-bond donors (Lipinski definition) is 3. The van der Waals surface area contributed by atoms with Crippen molar-refractivity contribution in [1.82, 2.24) is 9.97 Å². The van der Waals surface area contributed by atoms with Gasteiger partial charge in [-0.15, -0.1) is 0 Å². The van der Waals surface area contributed by atoms with Gasteiger partial charge < -0.3 is 15.7 Å². The van der Waals surface area contributed by atoms with Gasteiger partial charge in [-0.25, -0.2) is 4.98 Å². The van der Waals surface area contributed by atoms with Crippen LogP contribution in [0, 0.1) is 6.92 Å². The van der Waals surface area contributed by atoms with Crippen LogP contribution in [0.2, 0.25) is 0 Å². The fourth-order valence-corrected chi connectivity index (χ4v) is 2.23. The van der Waals surface area contributed by atoms with Crippen LogP contribution in [-0.2, 0) is 0 Å². The van der Waals surface area contributed by atoms with E-state index in [1.54, 1.807) is 0 Å². The number of aromatic nitrogens is 2. The van der Waals surface area contributed by atoms with Crippen LogP contribution in [-0.4, -0.2) is 27.7 Å². The first-order valence-corrected chi connectivity index (χ1v) is 7.74. The van der Waals surface area contributed by atoms with E-state index in [0.29, 0.717) is 11.9 Å². The molecule has 0 radical (unpaired) electrons. The lowest BCUT2D eigenvalue weighted by Crippen LogP contribution is -2.21. The van der Waals surface area contributed by atoms with Crippen LogP contribution < -0.4 is 10.6 Å². The van der Waals surface area contributed by atoms with Crippen LogP contribution in [0.1, 0.15) is 36.9 Å². The van der Waals surface area contributed by atoms with Crippen LogP contribution in [0.5, 0.6) is 0 Å². The summed E-state index contributed by atoms with van der Waals surface area (Å²) in [5.74, 6) is 1.90. The molecule has 0 unspecified atom stereocenters. The highest BCUT2D eigenvalue weighted by atomic mass is 16.3. The molecule has 0 aliphatic heterocycles. The number of hydrogen-bond acceptors (Lipinski definition) is 5. The molecule has 1 saturated carbocycles. The molecular formula is C17H22N4O. The first kappa shape index (κ1) is 14.8. The number of aryl methyl sites for hydroxylation is 1. The Labute approximate surface area is 130 Å². The van der Waals surface area contributed by atoms with E-state index in [2.05, 4.69) is 39.7 Å². The molecular weight excluding hydrogens is 276 g/mol. The van der Waals surface area contributed by atoms with Crippen molar-refractivity contribution in [2.24, 2.45) is 0 Å². The molecule has 0 saturated heterocycles. The summed E-state index contributed by atoms with van der Waals surface area (Å²) < 4.78 is 0. The normalized spacial score (nSPS) is 15.4. The SMILES string of the molecule is Cc1ccc(Nc2cc(C3CC3)nc(N[C@H](C)CO)n2)cc1. The number of rotatable bonds is 6. The van der Waals surface area contributed by atoms with Gasteiger partial charge in [0.05, 0.1) is 12.3 Å². The fourth-order valence-electron chi connectivity index (χ4n) is 2.23. The van der Waals surface area contributed by atoms with Crippen LogP contribution in [0.3, 0.4) is 0 Å². The molecule has 2 aromatic rings. The molecule has 3 N–H and O–H groups in total. The van der Waals surface area contributed by atoms with Gasteiger partial charge in [0.1, 0.15) is 5.82 Å². The first-order chi connectivity index (χ1) is 10.6. The number of aliphatic hydroxyl groups is 1. The zero-order valence-corrected chi connectivity index (χ0v) is 13.0. The van der Waals surface area contributed by atoms with Gasteiger partial charge in [-0.2, -0.15) is 4.98 Å². The summed E-state index contributed by atoms with van der Waals surface area (Å²) in [6.07, 6.45) is 2.38. The summed E-state index contributed by atoms with van der Waals surface area (Å²) in [6.45, 7) is 4.02. The molecule has 1 heterocycles. The van der Waals surface area contributed by atoms with Crippen molar-refractivity contribution in [1.29, 1.82) is 0 Å². The lowest BCUT2D eigenvalue weighted by atomic mass is 10.2. The number of benzene rings is 1. The molecule has 1 aromatic carbocycles. The molecule has 0 amide bonds. The summed E-state index contributed by atoms with van der Waals surface area (Å²) >= 11 is 0. The minimum atomic E-state index is -0.0679. The van der Waals surface area contributed by atoms with Crippen molar-refractivity contribution >= 4 is 17.5 Å². The summed E-state index contributed by atoms with van der Waals surface area (Å²) in [5.41, 5.74) is 3.30. The summed E-state index contributed by atoms with van der Waals surface area (Å²) in [7, 11) is 0. The number of aliphatic hydroxyl groups excluding tert-OH is 1. The van der Waals surface area contributed by atoms with Gasteiger partial charge in [-0.1, -0.05) is 17.7 Å². The Morgan fingerprint density at radius 2 is 1.95 bits per heavy atom. The molecule has 1 fully saturated rings. The van der Waals surface area contributed by atoms with Gasteiger partial charge >= 0.3 is 0 Å². The van der Waals surface area contributed by atoms with Gasteiger partial charge in [0.2, 0.25) is 5.95 Å². The van der Waals surface area contributed by atoms with E-state index in [1.165, 1.54) is 18.4 Å². The smallest absolute Gasteiger partial charge is 0.225 e. The van der Waals surface area contributed by atoms with E-state index in [1.807, 2.05) is 25.1 Å². The average Bonchev–Trinajstić information content (AvgIpc) is 3.34. The molecule has 3 rings (SSSR count). The van der Waals surface area contributed by atoms with Crippen LogP contribution in [0.15, 0.2) is 30.3 Å². The predicted molar refractivity (Wildman–Crippen MR) is 88.6 cm³/mol. The maximum atomic E-state index is 9.18. The van der Waals surface area contributed by atoms with E-state index in [0.717, 1.165) is 17.2 Å². The van der Waals surface area contributed by atoms with E-state index < -0.39 is 0 Å². The maximum Gasteiger partial charge on any atom is 0.225 e. The summed E-state index contributed by atoms with van der Waals surface area (Å²) in [6, 6.07) is 10.2. The Morgan fingerprint density at radius 3 is 2.59 bits per heavy atom. The second-order valence-corrected chi connectivity index (χ2v) is 5.99. The second-order valence-electron chi connectivity index (χ2n) is 5.99. The third kappa shape index (κ3) is 3.74. The van der Waals surface area contributed by atoms with Crippen molar-refractivity contribution in [2.45, 2.75) is 38.6 Å². The molecule has 1 atom stereocenters. The largest absolute Gasteiger partial charge is 0.394 e. The molecule has 1 aliphatic rings. The Bertz CT molecular complexity index is 638. The topological polar surface area (TPSA) is 70.1 Å². The average molecular weight is 298 g/mol. The molecule has 0 bridgehead atoms. The molecule has 5 nitrogen and oxygen atoms in total. The lowest BCUT2D eigenvalue weighted by Gasteiger charge is -2.14. The van der Waals surface area contributed by atoms with Crippen molar-refractivity contribution in [2.75, 3.05) is 17.2 Å². The van der Waals surface area contributed by atoms with Crippen LogP contribution in [0.4, 0.5) is 17.5 Å². The molecule has 5 heteroatoms. The molecule has 1 aliphatic carbocycles. The summed E-state index contributed by atoms with van der Waals surface area (Å²) in [4.78, 5) is 9.07. The number of anilines is 3. The van der Waals surface area contributed by atoms with Gasteiger partial charge in [0.15, 0.2) is 0 Å². The highest BCUT2D eigenvalue weighted by molar-refractivity contribution is 5.58. The molecule has 1 aromatic heterocycles. The number of nitrogens with one attached hydrogen (secondary N) is 2. The fraction of sp³-hybridized carbons (Fsp3) is 0.412. The van der Waals surface area contributed by atoms with Crippen LogP contribution >= 0.6 is 0 Å². The first-order valence-electron chi connectivity index (χ1n) is 7.74. The van der Waals surface area contributed by atoms with Gasteiger partial charge in [0, 0.05) is 23.7 Å². The van der Waals surface area contributed by atoms with E-state index in [-0.39, 0.29) is 12.6 Å². The maximum absolute atomic E-state index is 9.18. The monoisotopic (exact) mass is 298 g/mol. The standard InChI is InChI=1S/C17H22N4O/c1-11-3-7-14(8-4-11)19-16-9-15(13-5-6-13)20-17(21-16)18-12(2)10-22/h3-4,7-9,12-13,22H,5-6,10H2,1-2H3,(H2,18,19,20,21)/t12-/m1/s1. The highest BCUT2D eigenvalue weighted by Gasteiger charge is 2.26. The van der Waals surface area contributed by atoms with Gasteiger partial charge in [0.25, 0.3) is 0 Å². The quantitative estimate of drug-likeness (QED) is 0.764. The zero-order chi connectivity index (χ0) is 15.5. The highest BCUT2D eigenvalue weighted by Crippen LogP contribution is 2.40. The third-order valence-electron chi connectivity index (χ3n) is 3.71. The van der Waals surface area contributed by atoms with Crippen molar-refractivity contribution < 1.29 is 5.11 Å². The minimum absolute atomic E-state index is 0.0533. The summed E-state index contributed by atoms with van der Waals surface area (Å²) in [5, 5.41) is 15.7. The van der Waals surface area contributed by atoms with E-state index in [4.69, 9.17) is 0 Å². The van der Waals surface area contributed by atoms with Gasteiger partial charge in [-0.05, 0) is 38.8 Å². The lowest BCUT2D eigenvalue weighted by molar-refractivity contribution is 0.281. The zero-order valence-electron chi connectivity index (χ0n) is 13.0. The van der Waals surface area contributed by atoms with Crippen molar-refractivity contribution in [3.8, 4) is 0 Å². The van der Waals surface area contributed by atoms with E-state index >= 15 is 0 Å². The Morgan fingerprint density at radius 1 is 1.23 bits per heavy atom. The van der Waals surface area contributed by atoms with E-state index in [9.17, 15) is 5.11 Å². The Kier molecular flexibility index (Phi) is 4.24. The minimum Gasteiger partial charge on any atom is -0.394 e. The van der Waals surface area contributed by atoms with Crippen molar-refractivity contribution in [3.63, 3.8) is 0 Å². The van der Waals surface area contributed by atoms with Crippen molar-refractivity contribution in [3.05, 3.63) is 41.6 Å². The predicted octanol–water partition coefficient (Wildman–Crippen LogP) is 3.20. The molecule has 116 valence electrons. The van der Waals surface area contributed by atoms with Gasteiger partial charge in [-0.3, -0.25) is 0 Å². The van der Waals surface area contributed by atoms with Crippen LogP contribution in [0.25, 0.3) is 0 Å². The molecule has 0 spiro atoms. The number of nitrogens with zero attached hydrogens (tertiary/aromatic N) is 2. The third-order valence-corrected chi connectivity index (χ3v) is 3.71. The Hall–Kier alpha value is -2.14. The Balaban J connectivity index is 1.83. The molecule has 22 heavy (non-hydrogen) atoms.